The highest BCUT2D eigenvalue weighted by atomic mass is 19.1. The zero-order valence-electron chi connectivity index (χ0n) is 21.4. The van der Waals surface area contributed by atoms with Gasteiger partial charge < -0.3 is 9.73 Å². The summed E-state index contributed by atoms with van der Waals surface area (Å²) < 4.78 is 19.5. The molecular formula is C31H25FN4O3. The Morgan fingerprint density at radius 3 is 2.49 bits per heavy atom. The number of carbonyl (C=O) groups is 2. The number of fused-ring (bicyclic) bond motifs is 1. The topological polar surface area (TPSA) is 88.3 Å². The Kier molecular flexibility index (Phi) is 6.15. The SMILES string of the molecule is CNC(=O)c1c(-c2ccc(F)cc2)oc2ncc(-c3cc(C(=O)N(c4ccccn4)C4CC4)ccc3C)cc12. The van der Waals surface area contributed by atoms with E-state index < -0.39 is 0 Å². The summed E-state index contributed by atoms with van der Waals surface area (Å²) >= 11 is 0. The van der Waals surface area contributed by atoms with Crippen LogP contribution in [-0.4, -0.2) is 34.9 Å². The summed E-state index contributed by atoms with van der Waals surface area (Å²) in [6, 6.07) is 18.9. The molecule has 0 atom stereocenters. The number of aromatic nitrogens is 2. The maximum absolute atomic E-state index is 13.7. The van der Waals surface area contributed by atoms with Crippen LogP contribution in [0.3, 0.4) is 0 Å². The Balaban J connectivity index is 1.44. The lowest BCUT2D eigenvalue weighted by molar-refractivity contribution is 0.0962. The van der Waals surface area contributed by atoms with Crippen molar-refractivity contribution < 1.29 is 18.4 Å². The molecule has 0 unspecified atom stereocenters. The molecule has 2 aromatic carbocycles. The van der Waals surface area contributed by atoms with Gasteiger partial charge in [-0.25, -0.2) is 14.4 Å². The number of nitrogens with one attached hydrogen (secondary N) is 1. The number of amides is 2. The number of halogens is 1. The van der Waals surface area contributed by atoms with Crippen LogP contribution in [0.4, 0.5) is 10.2 Å². The van der Waals surface area contributed by atoms with Gasteiger partial charge in [0.05, 0.1) is 10.9 Å². The normalized spacial score (nSPS) is 12.9. The van der Waals surface area contributed by atoms with Crippen LogP contribution >= 0.6 is 0 Å². The zero-order chi connectivity index (χ0) is 27.1. The fourth-order valence-electron chi connectivity index (χ4n) is 4.78. The molecule has 0 spiro atoms. The number of benzene rings is 2. The Bertz CT molecular complexity index is 1710. The van der Waals surface area contributed by atoms with Crippen LogP contribution in [0, 0.1) is 12.7 Å². The monoisotopic (exact) mass is 520 g/mol. The van der Waals surface area contributed by atoms with E-state index in [2.05, 4.69) is 15.3 Å². The van der Waals surface area contributed by atoms with Crippen LogP contribution < -0.4 is 10.2 Å². The molecule has 3 aromatic heterocycles. The zero-order valence-corrected chi connectivity index (χ0v) is 21.4. The van der Waals surface area contributed by atoms with E-state index in [1.54, 1.807) is 36.5 Å². The molecule has 1 saturated carbocycles. The van der Waals surface area contributed by atoms with Crippen LogP contribution in [-0.2, 0) is 0 Å². The number of hydrogen-bond donors (Lipinski definition) is 1. The summed E-state index contributed by atoms with van der Waals surface area (Å²) in [5, 5.41) is 3.19. The van der Waals surface area contributed by atoms with Gasteiger partial charge in [0.15, 0.2) is 0 Å². The Hall–Kier alpha value is -4.85. The molecule has 194 valence electrons. The van der Waals surface area contributed by atoms with Gasteiger partial charge in [-0.1, -0.05) is 12.1 Å². The highest BCUT2D eigenvalue weighted by Gasteiger charge is 2.35. The number of pyridine rings is 2. The van der Waals surface area contributed by atoms with E-state index in [9.17, 15) is 14.0 Å². The summed E-state index contributed by atoms with van der Waals surface area (Å²) in [6.07, 6.45) is 5.25. The van der Waals surface area contributed by atoms with Crippen LogP contribution in [0.15, 0.2) is 83.5 Å². The van der Waals surface area contributed by atoms with Crippen LogP contribution in [0.1, 0.15) is 39.1 Å². The van der Waals surface area contributed by atoms with Crippen molar-refractivity contribution in [2.45, 2.75) is 25.8 Å². The standard InChI is InChI=1S/C31H25FN4O3/c1-18-6-7-20(31(38)36(23-12-13-23)26-5-3-4-14-34-26)15-24(18)21-16-25-27(29(37)33-2)28(39-30(25)35-17-21)19-8-10-22(32)11-9-19/h3-11,14-17,23H,12-13H2,1-2H3,(H,33,37). The maximum Gasteiger partial charge on any atom is 0.259 e. The van der Waals surface area contributed by atoms with E-state index in [1.165, 1.54) is 12.1 Å². The number of anilines is 1. The number of nitrogens with zero attached hydrogens (tertiary/aromatic N) is 3. The maximum atomic E-state index is 13.7. The predicted octanol–water partition coefficient (Wildman–Crippen LogP) is 6.17. The van der Waals surface area contributed by atoms with Crippen molar-refractivity contribution in [3.8, 4) is 22.5 Å². The molecule has 0 radical (unpaired) electrons. The van der Waals surface area contributed by atoms with E-state index in [4.69, 9.17) is 4.42 Å². The third-order valence-corrected chi connectivity index (χ3v) is 6.93. The summed E-state index contributed by atoms with van der Waals surface area (Å²) in [5.74, 6) is 0.106. The minimum absolute atomic E-state index is 0.112. The average Bonchev–Trinajstić information content (AvgIpc) is 3.72. The molecule has 39 heavy (non-hydrogen) atoms. The molecule has 1 fully saturated rings. The molecular weight excluding hydrogens is 495 g/mol. The molecule has 7 nitrogen and oxygen atoms in total. The number of aryl methyl sites for hydroxylation is 1. The Morgan fingerprint density at radius 2 is 1.79 bits per heavy atom. The summed E-state index contributed by atoms with van der Waals surface area (Å²) in [7, 11) is 1.54. The molecule has 0 aliphatic heterocycles. The Morgan fingerprint density at radius 1 is 1.00 bits per heavy atom. The largest absolute Gasteiger partial charge is 0.437 e. The number of rotatable bonds is 6. The molecule has 3 heterocycles. The highest BCUT2D eigenvalue weighted by Crippen LogP contribution is 2.37. The van der Waals surface area contributed by atoms with Crippen molar-refractivity contribution in [2.24, 2.45) is 0 Å². The van der Waals surface area contributed by atoms with Crippen molar-refractivity contribution in [1.82, 2.24) is 15.3 Å². The number of carbonyl (C=O) groups excluding carboxylic acids is 2. The highest BCUT2D eigenvalue weighted by molar-refractivity contribution is 6.11. The van der Waals surface area contributed by atoms with Crippen LogP contribution in [0.25, 0.3) is 33.6 Å². The van der Waals surface area contributed by atoms with Crippen LogP contribution in [0.2, 0.25) is 0 Å². The van der Waals surface area contributed by atoms with Crippen molar-refractivity contribution in [1.29, 1.82) is 0 Å². The fraction of sp³-hybridized carbons (Fsp3) is 0.161. The van der Waals surface area contributed by atoms with Crippen molar-refractivity contribution in [3.63, 3.8) is 0 Å². The van der Waals surface area contributed by atoms with E-state index in [-0.39, 0.29) is 29.4 Å². The van der Waals surface area contributed by atoms with Gasteiger partial charge in [-0.05, 0) is 85.5 Å². The Labute approximate surface area is 224 Å². The third kappa shape index (κ3) is 4.54. The molecule has 6 rings (SSSR count). The lowest BCUT2D eigenvalue weighted by Crippen LogP contribution is -2.33. The number of furan rings is 1. The first kappa shape index (κ1) is 24.5. The second-order valence-corrected chi connectivity index (χ2v) is 9.59. The van der Waals surface area contributed by atoms with E-state index in [0.717, 1.165) is 29.5 Å². The molecule has 1 N–H and O–H groups in total. The fourth-order valence-corrected chi connectivity index (χ4v) is 4.78. The number of hydrogen-bond acceptors (Lipinski definition) is 5. The molecule has 1 aliphatic rings. The molecule has 0 saturated heterocycles. The first-order valence-corrected chi connectivity index (χ1v) is 12.7. The van der Waals surface area contributed by atoms with Gasteiger partial charge in [0.25, 0.3) is 11.8 Å². The third-order valence-electron chi connectivity index (χ3n) is 6.93. The summed E-state index contributed by atoms with van der Waals surface area (Å²) in [6.45, 7) is 1.96. The smallest absolute Gasteiger partial charge is 0.259 e. The van der Waals surface area contributed by atoms with E-state index >= 15 is 0 Å². The second-order valence-electron chi connectivity index (χ2n) is 9.59. The van der Waals surface area contributed by atoms with Crippen LogP contribution in [0.5, 0.6) is 0 Å². The predicted molar refractivity (Wildman–Crippen MR) is 147 cm³/mol. The minimum atomic E-state index is -0.384. The van der Waals surface area contributed by atoms with Gasteiger partial charge in [0.1, 0.15) is 17.4 Å². The van der Waals surface area contributed by atoms with Gasteiger partial charge in [-0.3, -0.25) is 14.5 Å². The van der Waals surface area contributed by atoms with Crippen molar-refractivity contribution in [3.05, 3.63) is 102 Å². The van der Waals surface area contributed by atoms with Gasteiger partial charge in [0, 0.05) is 42.2 Å². The molecule has 2 amide bonds. The van der Waals surface area contributed by atoms with Crippen molar-refractivity contribution >= 4 is 28.7 Å². The minimum Gasteiger partial charge on any atom is -0.437 e. The molecule has 5 aromatic rings. The lowest BCUT2D eigenvalue weighted by Gasteiger charge is -2.22. The second kappa shape index (κ2) is 9.79. The molecule has 1 aliphatic carbocycles. The van der Waals surface area contributed by atoms with Gasteiger partial charge in [-0.2, -0.15) is 0 Å². The van der Waals surface area contributed by atoms with E-state index in [0.29, 0.717) is 33.7 Å². The lowest BCUT2D eigenvalue weighted by atomic mass is 9.97. The van der Waals surface area contributed by atoms with Gasteiger partial charge >= 0.3 is 0 Å². The average molecular weight is 521 g/mol. The summed E-state index contributed by atoms with van der Waals surface area (Å²) in [4.78, 5) is 37.3. The van der Waals surface area contributed by atoms with Gasteiger partial charge in [-0.15, -0.1) is 0 Å². The quantitative estimate of drug-likeness (QED) is 0.289. The van der Waals surface area contributed by atoms with Gasteiger partial charge in [0.2, 0.25) is 5.71 Å². The summed E-state index contributed by atoms with van der Waals surface area (Å²) in [5.41, 5.74) is 4.21. The van der Waals surface area contributed by atoms with Crippen molar-refractivity contribution in [2.75, 3.05) is 11.9 Å². The molecule has 0 bridgehead atoms. The first-order valence-electron chi connectivity index (χ1n) is 12.7. The first-order chi connectivity index (χ1) is 18.9. The molecule has 8 heteroatoms. The van der Waals surface area contributed by atoms with E-state index in [1.807, 2.05) is 49.4 Å².